The highest BCUT2D eigenvalue weighted by Crippen LogP contribution is 2.45. The van der Waals surface area contributed by atoms with Crippen molar-refractivity contribution in [2.45, 2.75) is 45.1 Å². The van der Waals surface area contributed by atoms with Crippen molar-refractivity contribution < 1.29 is 0 Å². The van der Waals surface area contributed by atoms with Crippen LogP contribution in [0.15, 0.2) is 18.2 Å². The molecule has 4 nitrogen and oxygen atoms in total. The zero-order chi connectivity index (χ0) is 18.4. The van der Waals surface area contributed by atoms with Gasteiger partial charge in [0.05, 0.1) is 5.52 Å². The highest BCUT2D eigenvalue weighted by molar-refractivity contribution is 14.1. The number of halogens is 1. The lowest BCUT2D eigenvalue weighted by Crippen LogP contribution is -2.44. The molecule has 0 amide bonds. The number of hydrogen-bond acceptors (Lipinski definition) is 2. The topological polar surface area (TPSA) is 23.4 Å². The summed E-state index contributed by atoms with van der Waals surface area (Å²) in [6.45, 7) is 7.35. The fourth-order valence-corrected chi connectivity index (χ4v) is 6.01. The number of nitrogens with one attached hydrogen (secondary N) is 1. The van der Waals surface area contributed by atoms with Crippen LogP contribution in [0.3, 0.4) is 0 Å². The SMILES string of the molecule is CCN(CC)C(=S)Nn1c(I)c2c3c(cccc31)[C@H]1CCCN(C)[C@@H]1C2. The molecule has 1 aromatic carbocycles. The zero-order valence-electron chi connectivity index (χ0n) is 15.8. The van der Waals surface area contributed by atoms with Gasteiger partial charge < -0.3 is 9.80 Å². The number of nitrogens with zero attached hydrogens (tertiary/aromatic N) is 3. The first-order valence-electron chi connectivity index (χ1n) is 9.64. The van der Waals surface area contributed by atoms with Crippen LogP contribution in [0, 0.1) is 3.70 Å². The largest absolute Gasteiger partial charge is 0.348 e. The first-order chi connectivity index (χ1) is 12.6. The fourth-order valence-electron chi connectivity index (χ4n) is 4.79. The highest BCUT2D eigenvalue weighted by Gasteiger charge is 2.37. The van der Waals surface area contributed by atoms with E-state index in [0.717, 1.165) is 24.6 Å². The van der Waals surface area contributed by atoms with Gasteiger partial charge in [-0.25, -0.2) is 4.68 Å². The van der Waals surface area contributed by atoms with Crippen molar-refractivity contribution in [1.29, 1.82) is 0 Å². The van der Waals surface area contributed by atoms with E-state index < -0.39 is 0 Å². The molecular formula is C20H27IN4S. The third-order valence-electron chi connectivity index (χ3n) is 6.19. The van der Waals surface area contributed by atoms with Gasteiger partial charge in [-0.05, 0) is 98.7 Å². The van der Waals surface area contributed by atoms with Crippen LogP contribution >= 0.6 is 34.8 Å². The Hall–Kier alpha value is -0.860. The van der Waals surface area contributed by atoms with E-state index in [9.17, 15) is 0 Å². The van der Waals surface area contributed by atoms with Gasteiger partial charge in [-0.2, -0.15) is 0 Å². The quantitative estimate of drug-likeness (QED) is 0.525. The van der Waals surface area contributed by atoms with E-state index in [4.69, 9.17) is 12.2 Å². The molecule has 2 atom stereocenters. The van der Waals surface area contributed by atoms with Crippen LogP contribution < -0.4 is 5.43 Å². The van der Waals surface area contributed by atoms with Crippen molar-refractivity contribution in [3.05, 3.63) is 33.0 Å². The van der Waals surface area contributed by atoms with Crippen molar-refractivity contribution in [1.82, 2.24) is 14.5 Å². The van der Waals surface area contributed by atoms with E-state index in [2.05, 4.69) is 81.6 Å². The van der Waals surface area contributed by atoms with E-state index in [1.807, 2.05) is 0 Å². The van der Waals surface area contributed by atoms with Gasteiger partial charge in [0.25, 0.3) is 0 Å². The van der Waals surface area contributed by atoms with Crippen molar-refractivity contribution in [3.8, 4) is 0 Å². The van der Waals surface area contributed by atoms with E-state index in [1.54, 1.807) is 0 Å². The van der Waals surface area contributed by atoms with E-state index >= 15 is 0 Å². The number of fused-ring (bicyclic) bond motifs is 2. The van der Waals surface area contributed by atoms with Gasteiger partial charge in [0.2, 0.25) is 0 Å². The molecule has 1 aromatic heterocycles. The van der Waals surface area contributed by atoms with Crippen molar-refractivity contribution in [2.75, 3.05) is 32.1 Å². The zero-order valence-corrected chi connectivity index (χ0v) is 18.7. The summed E-state index contributed by atoms with van der Waals surface area (Å²) >= 11 is 8.18. The summed E-state index contributed by atoms with van der Waals surface area (Å²) in [5.74, 6) is 0.659. The van der Waals surface area contributed by atoms with Crippen LogP contribution in [0.25, 0.3) is 10.9 Å². The molecule has 0 spiro atoms. The molecule has 0 saturated carbocycles. The standard InChI is InChI=1S/C20H27IN4S/c1-4-24(5-2)20(26)22-25-16-10-6-8-14-13-9-7-11-23(3)17(13)12-15(18(14)16)19(25)21/h6,8,10,13,17H,4-5,7,9,11-12H2,1-3H3,(H,22,26)/t13-,17-/m1/s1. The van der Waals surface area contributed by atoms with E-state index in [-0.39, 0.29) is 0 Å². The second kappa shape index (κ2) is 7.28. The lowest BCUT2D eigenvalue weighted by molar-refractivity contribution is 0.157. The van der Waals surface area contributed by atoms with Crippen molar-refractivity contribution >= 4 is 50.8 Å². The first-order valence-corrected chi connectivity index (χ1v) is 11.1. The third-order valence-corrected chi connectivity index (χ3v) is 7.67. The molecule has 2 aromatic rings. The summed E-state index contributed by atoms with van der Waals surface area (Å²) in [4.78, 5) is 4.76. The molecule has 1 aliphatic carbocycles. The minimum absolute atomic E-state index is 0.626. The number of aromatic nitrogens is 1. The van der Waals surface area contributed by atoms with Crippen LogP contribution in [0.1, 0.15) is 43.7 Å². The summed E-state index contributed by atoms with van der Waals surface area (Å²) in [6.07, 6.45) is 3.74. The maximum atomic E-state index is 5.68. The molecule has 140 valence electrons. The average molecular weight is 482 g/mol. The number of rotatable bonds is 3. The number of thiocarbonyl (C=S) groups is 1. The van der Waals surface area contributed by atoms with Crippen LogP contribution in [0.5, 0.6) is 0 Å². The van der Waals surface area contributed by atoms with Crippen LogP contribution in [0.2, 0.25) is 0 Å². The molecular weight excluding hydrogens is 455 g/mol. The lowest BCUT2D eigenvalue weighted by atomic mass is 9.75. The normalized spacial score (nSPS) is 22.3. The monoisotopic (exact) mass is 482 g/mol. The van der Waals surface area contributed by atoms with Crippen LogP contribution in [-0.4, -0.2) is 52.3 Å². The van der Waals surface area contributed by atoms with E-state index in [0.29, 0.717) is 12.0 Å². The Morgan fingerprint density at radius 3 is 2.85 bits per heavy atom. The smallest absolute Gasteiger partial charge is 0.188 e. The average Bonchev–Trinajstić information content (AvgIpc) is 2.91. The summed E-state index contributed by atoms with van der Waals surface area (Å²) < 4.78 is 3.49. The number of piperidine rings is 1. The minimum atomic E-state index is 0.626. The molecule has 26 heavy (non-hydrogen) atoms. The van der Waals surface area contributed by atoms with Gasteiger partial charge in [-0.3, -0.25) is 5.43 Å². The Bertz CT molecular complexity index is 842. The molecule has 6 heteroatoms. The minimum Gasteiger partial charge on any atom is -0.348 e. The summed E-state index contributed by atoms with van der Waals surface area (Å²) in [5, 5.41) is 2.26. The predicted molar refractivity (Wildman–Crippen MR) is 122 cm³/mol. The Morgan fingerprint density at radius 1 is 1.35 bits per heavy atom. The molecule has 4 rings (SSSR count). The number of likely N-dealkylation sites (N-methyl/N-ethyl adjacent to an activating group) is 1. The number of benzene rings is 1. The molecule has 0 bridgehead atoms. The summed E-state index contributed by atoms with van der Waals surface area (Å²) in [7, 11) is 2.29. The molecule has 0 unspecified atom stereocenters. The van der Waals surface area contributed by atoms with Gasteiger partial charge in [0.15, 0.2) is 5.11 Å². The highest BCUT2D eigenvalue weighted by atomic mass is 127. The number of likely N-dealkylation sites (tertiary alicyclic amines) is 1. The Morgan fingerprint density at radius 2 is 2.12 bits per heavy atom. The maximum Gasteiger partial charge on any atom is 0.188 e. The van der Waals surface area contributed by atoms with E-state index in [1.165, 1.54) is 45.1 Å². The summed E-state index contributed by atoms with van der Waals surface area (Å²) in [5.41, 5.74) is 7.80. The maximum absolute atomic E-state index is 5.68. The van der Waals surface area contributed by atoms with Gasteiger partial charge in [0.1, 0.15) is 3.70 Å². The Balaban J connectivity index is 1.80. The molecule has 2 heterocycles. The van der Waals surface area contributed by atoms with Crippen molar-refractivity contribution in [3.63, 3.8) is 0 Å². The Kier molecular flexibility index (Phi) is 5.18. The third kappa shape index (κ3) is 2.85. The van der Waals surface area contributed by atoms with Gasteiger partial charge in [-0.15, -0.1) is 0 Å². The van der Waals surface area contributed by atoms with Crippen molar-refractivity contribution in [2.24, 2.45) is 0 Å². The molecule has 1 aliphatic heterocycles. The predicted octanol–water partition coefficient (Wildman–Crippen LogP) is 4.15. The fraction of sp³-hybridized carbons (Fsp3) is 0.550. The van der Waals surface area contributed by atoms with Gasteiger partial charge in [-0.1, -0.05) is 12.1 Å². The van der Waals surface area contributed by atoms with Crippen LogP contribution in [-0.2, 0) is 6.42 Å². The van der Waals surface area contributed by atoms with Gasteiger partial charge >= 0.3 is 0 Å². The second-order valence-electron chi connectivity index (χ2n) is 7.44. The molecule has 1 N–H and O–H groups in total. The van der Waals surface area contributed by atoms with Crippen LogP contribution in [0.4, 0.5) is 0 Å². The second-order valence-corrected chi connectivity index (χ2v) is 8.84. The molecule has 1 fully saturated rings. The lowest BCUT2D eigenvalue weighted by Gasteiger charge is -2.42. The van der Waals surface area contributed by atoms with Gasteiger partial charge in [0, 0.05) is 30.4 Å². The molecule has 1 saturated heterocycles. The number of hydrogen-bond donors (Lipinski definition) is 1. The summed E-state index contributed by atoms with van der Waals surface area (Å²) in [6, 6.07) is 7.42. The Labute approximate surface area is 175 Å². The molecule has 0 radical (unpaired) electrons. The first kappa shape index (κ1) is 18.5. The molecule has 2 aliphatic rings.